The number of rotatable bonds is 0. The Balaban J connectivity index is 2.40. The predicted octanol–water partition coefficient (Wildman–Crippen LogP) is 2.27. The van der Waals surface area contributed by atoms with Gasteiger partial charge in [-0.25, -0.2) is 9.56 Å². The Morgan fingerprint density at radius 2 is 1.89 bits per heavy atom. The van der Waals surface area contributed by atoms with Gasteiger partial charge in [-0.05, 0) is 30.7 Å². The van der Waals surface area contributed by atoms with Crippen LogP contribution >= 0.6 is 0 Å². The second-order valence-corrected chi connectivity index (χ2v) is 4.73. The van der Waals surface area contributed by atoms with Gasteiger partial charge in [0, 0.05) is 6.07 Å². The monoisotopic (exact) mass is 239 g/mol. The van der Waals surface area contributed by atoms with E-state index in [0.717, 1.165) is 27.9 Å². The summed E-state index contributed by atoms with van der Waals surface area (Å²) in [6.45, 7) is 2.05. The second-order valence-electron chi connectivity index (χ2n) is 4.73. The number of nitrogens with zero attached hydrogens (tertiary/aromatic N) is 2. The number of hydrogen-bond acceptors (Lipinski definition) is 2. The van der Waals surface area contributed by atoms with Crippen LogP contribution in [-0.2, 0) is 0 Å². The molecule has 1 heterocycles. The molecule has 0 N–H and O–H groups in total. The molecule has 0 radical (unpaired) electrons. The molecule has 3 heteroatoms. The fourth-order valence-electron chi connectivity index (χ4n) is 2.00. The van der Waals surface area contributed by atoms with Gasteiger partial charge in [0.15, 0.2) is 11.3 Å². The van der Waals surface area contributed by atoms with Gasteiger partial charge in [-0.1, -0.05) is 6.07 Å². The summed E-state index contributed by atoms with van der Waals surface area (Å²) in [5, 5.41) is 1.11. The van der Waals surface area contributed by atoms with Gasteiger partial charge in [0.2, 0.25) is 5.36 Å². The van der Waals surface area contributed by atoms with E-state index in [9.17, 15) is 0 Å². The summed E-state index contributed by atoms with van der Waals surface area (Å²) in [6, 6.07) is 12.1. The zero-order chi connectivity index (χ0) is 12.7. The van der Waals surface area contributed by atoms with Gasteiger partial charge < -0.3 is 4.42 Å². The Morgan fingerprint density at radius 1 is 1.06 bits per heavy atom. The molecule has 1 aromatic carbocycles. The van der Waals surface area contributed by atoms with Crippen molar-refractivity contribution in [3.05, 3.63) is 47.3 Å². The lowest BCUT2D eigenvalue weighted by atomic mass is 10.2. The van der Waals surface area contributed by atoms with Crippen LogP contribution in [0.15, 0.2) is 40.8 Å². The first kappa shape index (κ1) is 11.0. The van der Waals surface area contributed by atoms with Crippen LogP contribution < -0.4 is 9.93 Å². The fourth-order valence-corrected chi connectivity index (χ4v) is 2.00. The third-order valence-electron chi connectivity index (χ3n) is 3.04. The first-order valence-electron chi connectivity index (χ1n) is 5.95. The molecule has 2 aliphatic rings. The molecule has 1 aliphatic carbocycles. The quantitative estimate of drug-likeness (QED) is 0.445. The molecule has 0 spiro atoms. The largest absolute Gasteiger partial charge is 0.453 e. The standard InChI is InChI=1S/C15H15N2O/c1-10-4-6-12-14(8-10)18-15-9-11(17(2)3)5-7-13(15)16-12/h4-9H,1-3H3/q+1. The van der Waals surface area contributed by atoms with Gasteiger partial charge in [-0.3, -0.25) is 0 Å². The molecule has 3 nitrogen and oxygen atoms in total. The number of aryl methyl sites for hydroxylation is 1. The van der Waals surface area contributed by atoms with Crippen molar-refractivity contribution in [2.24, 2.45) is 0 Å². The van der Waals surface area contributed by atoms with Gasteiger partial charge in [0.1, 0.15) is 25.3 Å². The van der Waals surface area contributed by atoms with Crippen molar-refractivity contribution in [2.45, 2.75) is 6.92 Å². The molecule has 0 fully saturated rings. The highest BCUT2D eigenvalue weighted by molar-refractivity contribution is 5.76. The first-order valence-corrected chi connectivity index (χ1v) is 5.95. The van der Waals surface area contributed by atoms with E-state index in [4.69, 9.17) is 4.42 Å². The topological polar surface area (TPSA) is 29.0 Å². The van der Waals surface area contributed by atoms with Crippen LogP contribution in [-0.4, -0.2) is 19.1 Å². The molecule has 0 saturated heterocycles. The normalized spacial score (nSPS) is 11.1. The molecule has 1 aliphatic heterocycles. The summed E-state index contributed by atoms with van der Waals surface area (Å²) in [6.07, 6.45) is 0. The maximum Gasteiger partial charge on any atom is 0.203 e. The Kier molecular flexibility index (Phi) is 2.40. The van der Waals surface area contributed by atoms with E-state index in [1.54, 1.807) is 0 Å². The number of fused-ring (bicyclic) bond motifs is 2. The number of aromatic nitrogens is 1. The molecule has 18 heavy (non-hydrogen) atoms. The van der Waals surface area contributed by atoms with E-state index in [1.807, 2.05) is 50.5 Å². The lowest BCUT2D eigenvalue weighted by Crippen LogP contribution is -2.21. The first-order chi connectivity index (χ1) is 8.63. The molecule has 0 unspecified atom stereocenters. The van der Waals surface area contributed by atoms with Crippen molar-refractivity contribution in [3.8, 4) is 11.5 Å². The van der Waals surface area contributed by atoms with Crippen LogP contribution in [0.1, 0.15) is 5.56 Å². The third-order valence-corrected chi connectivity index (χ3v) is 3.04. The van der Waals surface area contributed by atoms with Crippen LogP contribution in [0.2, 0.25) is 0 Å². The average Bonchev–Trinajstić information content (AvgIpc) is 2.35. The second kappa shape index (κ2) is 3.95. The Labute approximate surface area is 105 Å². The van der Waals surface area contributed by atoms with E-state index in [1.165, 1.54) is 5.56 Å². The number of hydrogen-bond donors (Lipinski definition) is 0. The molecule has 90 valence electrons. The van der Waals surface area contributed by atoms with Gasteiger partial charge in [0.05, 0.1) is 6.07 Å². The predicted molar refractivity (Wildman–Crippen MR) is 72.5 cm³/mol. The lowest BCUT2D eigenvalue weighted by molar-refractivity contribution is 0.610. The summed E-state index contributed by atoms with van der Waals surface area (Å²) in [5.41, 5.74) is 3.79. The van der Waals surface area contributed by atoms with Crippen LogP contribution in [0.4, 0.5) is 0 Å². The van der Waals surface area contributed by atoms with Gasteiger partial charge in [0.25, 0.3) is 0 Å². The summed E-state index contributed by atoms with van der Waals surface area (Å²) < 4.78 is 7.98. The van der Waals surface area contributed by atoms with E-state index in [0.29, 0.717) is 0 Å². The highest BCUT2D eigenvalue weighted by Gasteiger charge is 2.10. The third kappa shape index (κ3) is 1.78. The Hall–Kier alpha value is -2.16. The van der Waals surface area contributed by atoms with Crippen LogP contribution in [0.5, 0.6) is 0 Å². The Bertz CT molecular complexity index is 767. The summed E-state index contributed by atoms with van der Waals surface area (Å²) in [5.74, 6) is 0.819. The van der Waals surface area contributed by atoms with Crippen LogP contribution in [0.25, 0.3) is 22.6 Å². The van der Waals surface area contributed by atoms with Crippen molar-refractivity contribution >= 4 is 11.1 Å². The molecule has 0 atom stereocenters. The van der Waals surface area contributed by atoms with Crippen molar-refractivity contribution in [1.29, 1.82) is 0 Å². The highest BCUT2D eigenvalue weighted by Crippen LogP contribution is 2.23. The van der Waals surface area contributed by atoms with Gasteiger partial charge >= 0.3 is 0 Å². The highest BCUT2D eigenvalue weighted by atomic mass is 16.3. The average molecular weight is 239 g/mol. The van der Waals surface area contributed by atoms with Crippen molar-refractivity contribution in [1.82, 2.24) is 9.56 Å². The lowest BCUT2D eigenvalue weighted by Gasteiger charge is -2.05. The molecular weight excluding hydrogens is 224 g/mol. The van der Waals surface area contributed by atoms with Crippen LogP contribution in [0.3, 0.4) is 0 Å². The fraction of sp³-hybridized carbons (Fsp3) is 0.200. The zero-order valence-corrected chi connectivity index (χ0v) is 10.8. The molecule has 3 rings (SSSR count). The van der Waals surface area contributed by atoms with Crippen molar-refractivity contribution in [3.63, 3.8) is 0 Å². The zero-order valence-electron chi connectivity index (χ0n) is 10.8. The number of benzene rings is 2. The van der Waals surface area contributed by atoms with Crippen molar-refractivity contribution in [2.75, 3.05) is 14.1 Å². The molecule has 0 bridgehead atoms. The Morgan fingerprint density at radius 3 is 2.67 bits per heavy atom. The molecule has 0 saturated carbocycles. The van der Waals surface area contributed by atoms with Crippen molar-refractivity contribution < 1.29 is 4.42 Å². The molecule has 1 aromatic rings. The minimum absolute atomic E-state index is 0.819. The molecule has 0 amide bonds. The van der Waals surface area contributed by atoms with Crippen LogP contribution in [0, 0.1) is 6.92 Å². The SMILES string of the molecule is Cc1ccc2nc3ccc(=[N+](C)C)cc-3oc2c1. The van der Waals surface area contributed by atoms with E-state index < -0.39 is 0 Å². The smallest absolute Gasteiger partial charge is 0.203 e. The van der Waals surface area contributed by atoms with Gasteiger partial charge in [-0.2, -0.15) is 0 Å². The maximum absolute atomic E-state index is 5.93. The minimum atomic E-state index is 0.819. The molecular formula is C15H15N2O+. The molecule has 0 aromatic heterocycles. The van der Waals surface area contributed by atoms with Gasteiger partial charge in [-0.15, -0.1) is 0 Å². The maximum atomic E-state index is 5.93. The summed E-state index contributed by atoms with van der Waals surface area (Å²) in [4.78, 5) is 4.61. The van der Waals surface area contributed by atoms with E-state index in [-0.39, 0.29) is 0 Å². The van der Waals surface area contributed by atoms with E-state index >= 15 is 0 Å². The summed E-state index contributed by atoms with van der Waals surface area (Å²) >= 11 is 0. The van der Waals surface area contributed by atoms with E-state index in [2.05, 4.69) is 16.5 Å². The summed E-state index contributed by atoms with van der Waals surface area (Å²) in [7, 11) is 4.03. The minimum Gasteiger partial charge on any atom is -0.453 e.